The molecule has 0 heterocycles. The van der Waals surface area contributed by atoms with Gasteiger partial charge >= 0.3 is 0 Å². The lowest BCUT2D eigenvalue weighted by molar-refractivity contribution is 0.414. The van der Waals surface area contributed by atoms with Crippen LogP contribution in [-0.2, 0) is 6.54 Å². The van der Waals surface area contributed by atoms with Crippen molar-refractivity contribution in [2.75, 3.05) is 32.1 Å². The molecule has 0 saturated carbocycles. The summed E-state index contributed by atoms with van der Waals surface area (Å²) in [5.74, 6) is 0.941. The lowest BCUT2D eigenvalue weighted by Gasteiger charge is -2.22. The molecule has 0 aliphatic carbocycles. The standard InChI is InChI=1S/C16H26N2O/c1-5-7-11-18(3)15-9-8-14(12-16(15)19-4)13-17-10-6-2/h6,8-9,12,17H,2,5,7,10-11,13H2,1,3-4H3. The minimum atomic E-state index is 0.820. The molecule has 0 aliphatic heterocycles. The van der Waals surface area contributed by atoms with E-state index in [1.807, 2.05) is 6.08 Å². The van der Waals surface area contributed by atoms with E-state index in [2.05, 4.69) is 49.0 Å². The molecule has 106 valence electrons. The number of unbranched alkanes of at least 4 members (excludes halogenated alkanes) is 1. The highest BCUT2D eigenvalue weighted by Gasteiger charge is 2.08. The van der Waals surface area contributed by atoms with Crippen LogP contribution in [-0.4, -0.2) is 27.2 Å². The van der Waals surface area contributed by atoms with Gasteiger partial charge in [0.2, 0.25) is 0 Å². The fourth-order valence-corrected chi connectivity index (χ4v) is 1.98. The Kier molecular flexibility index (Phi) is 7.04. The molecular weight excluding hydrogens is 236 g/mol. The van der Waals surface area contributed by atoms with E-state index in [-0.39, 0.29) is 0 Å². The summed E-state index contributed by atoms with van der Waals surface area (Å²) in [5.41, 5.74) is 2.38. The van der Waals surface area contributed by atoms with Crippen LogP contribution in [0.3, 0.4) is 0 Å². The summed E-state index contributed by atoms with van der Waals surface area (Å²) >= 11 is 0. The van der Waals surface area contributed by atoms with E-state index in [4.69, 9.17) is 4.74 Å². The number of anilines is 1. The third-order valence-electron chi connectivity index (χ3n) is 3.12. The van der Waals surface area contributed by atoms with Crippen LogP contribution in [0.4, 0.5) is 5.69 Å². The molecule has 0 radical (unpaired) electrons. The van der Waals surface area contributed by atoms with E-state index in [1.54, 1.807) is 7.11 Å². The van der Waals surface area contributed by atoms with Gasteiger partial charge in [0.25, 0.3) is 0 Å². The van der Waals surface area contributed by atoms with Crippen molar-refractivity contribution in [2.24, 2.45) is 0 Å². The average molecular weight is 262 g/mol. The van der Waals surface area contributed by atoms with Crippen molar-refractivity contribution >= 4 is 5.69 Å². The summed E-state index contributed by atoms with van der Waals surface area (Å²) in [5, 5.41) is 3.30. The predicted molar refractivity (Wildman–Crippen MR) is 83.1 cm³/mol. The van der Waals surface area contributed by atoms with Crippen molar-refractivity contribution in [1.82, 2.24) is 5.32 Å². The van der Waals surface area contributed by atoms with Gasteiger partial charge in [0, 0.05) is 26.7 Å². The van der Waals surface area contributed by atoms with E-state index in [0.29, 0.717) is 0 Å². The number of ether oxygens (including phenoxy) is 1. The van der Waals surface area contributed by atoms with Gasteiger partial charge in [-0.05, 0) is 24.1 Å². The van der Waals surface area contributed by atoms with E-state index in [9.17, 15) is 0 Å². The van der Waals surface area contributed by atoms with Crippen molar-refractivity contribution in [2.45, 2.75) is 26.3 Å². The minimum Gasteiger partial charge on any atom is -0.495 e. The van der Waals surface area contributed by atoms with Gasteiger partial charge in [-0.1, -0.05) is 25.5 Å². The molecule has 1 aromatic carbocycles. The Hall–Kier alpha value is -1.48. The summed E-state index contributed by atoms with van der Waals surface area (Å²) in [6, 6.07) is 6.39. The zero-order valence-electron chi connectivity index (χ0n) is 12.4. The van der Waals surface area contributed by atoms with E-state index >= 15 is 0 Å². The molecule has 0 aliphatic rings. The van der Waals surface area contributed by atoms with Gasteiger partial charge < -0.3 is 15.0 Å². The topological polar surface area (TPSA) is 24.5 Å². The number of rotatable bonds is 9. The first-order chi connectivity index (χ1) is 9.22. The molecule has 1 aromatic rings. The molecule has 3 nitrogen and oxygen atoms in total. The highest BCUT2D eigenvalue weighted by atomic mass is 16.5. The maximum absolute atomic E-state index is 5.50. The van der Waals surface area contributed by atoms with E-state index < -0.39 is 0 Å². The van der Waals surface area contributed by atoms with Gasteiger partial charge in [-0.25, -0.2) is 0 Å². The number of hydrogen-bond donors (Lipinski definition) is 1. The van der Waals surface area contributed by atoms with Gasteiger partial charge in [-0.15, -0.1) is 6.58 Å². The van der Waals surface area contributed by atoms with Crippen LogP contribution in [0.2, 0.25) is 0 Å². The maximum atomic E-state index is 5.50. The highest BCUT2D eigenvalue weighted by Crippen LogP contribution is 2.28. The van der Waals surface area contributed by atoms with Crippen LogP contribution in [0.1, 0.15) is 25.3 Å². The SMILES string of the molecule is C=CCNCc1ccc(N(C)CCCC)c(OC)c1. The van der Waals surface area contributed by atoms with Crippen molar-refractivity contribution < 1.29 is 4.74 Å². The lowest BCUT2D eigenvalue weighted by Crippen LogP contribution is -2.19. The predicted octanol–water partition coefficient (Wildman–Crippen LogP) is 3.21. The number of nitrogens with zero attached hydrogens (tertiary/aromatic N) is 1. The second-order valence-electron chi connectivity index (χ2n) is 4.70. The zero-order chi connectivity index (χ0) is 14.1. The molecule has 0 atom stereocenters. The van der Waals surface area contributed by atoms with Crippen molar-refractivity contribution in [3.8, 4) is 5.75 Å². The highest BCUT2D eigenvalue weighted by molar-refractivity contribution is 5.59. The van der Waals surface area contributed by atoms with E-state index in [1.165, 1.54) is 18.4 Å². The lowest BCUT2D eigenvalue weighted by atomic mass is 10.1. The molecule has 0 fully saturated rings. The molecule has 0 amide bonds. The first-order valence-electron chi connectivity index (χ1n) is 6.92. The largest absolute Gasteiger partial charge is 0.495 e. The van der Waals surface area contributed by atoms with Crippen LogP contribution in [0.5, 0.6) is 5.75 Å². The molecule has 0 bridgehead atoms. The zero-order valence-corrected chi connectivity index (χ0v) is 12.4. The quantitative estimate of drug-likeness (QED) is 0.546. The van der Waals surface area contributed by atoms with Crippen molar-refractivity contribution in [3.05, 3.63) is 36.4 Å². The van der Waals surface area contributed by atoms with Gasteiger partial charge in [0.1, 0.15) is 5.75 Å². The Balaban J connectivity index is 2.74. The fourth-order valence-electron chi connectivity index (χ4n) is 1.98. The van der Waals surface area contributed by atoms with E-state index in [0.717, 1.165) is 31.1 Å². The fraction of sp³-hybridized carbons (Fsp3) is 0.500. The van der Waals surface area contributed by atoms with Crippen molar-refractivity contribution in [3.63, 3.8) is 0 Å². The van der Waals surface area contributed by atoms with Crippen LogP contribution in [0, 0.1) is 0 Å². The Morgan fingerprint density at radius 1 is 1.42 bits per heavy atom. The normalized spacial score (nSPS) is 10.3. The van der Waals surface area contributed by atoms with Crippen LogP contribution in [0.25, 0.3) is 0 Å². The average Bonchev–Trinajstić information content (AvgIpc) is 2.44. The summed E-state index contributed by atoms with van der Waals surface area (Å²) in [6.45, 7) is 8.62. The summed E-state index contributed by atoms with van der Waals surface area (Å²) in [7, 11) is 3.84. The first-order valence-corrected chi connectivity index (χ1v) is 6.92. The summed E-state index contributed by atoms with van der Waals surface area (Å²) in [6.07, 6.45) is 4.27. The Morgan fingerprint density at radius 3 is 2.84 bits per heavy atom. The smallest absolute Gasteiger partial charge is 0.142 e. The third-order valence-corrected chi connectivity index (χ3v) is 3.12. The molecule has 3 heteroatoms. The second kappa shape index (κ2) is 8.59. The van der Waals surface area contributed by atoms with Crippen LogP contribution < -0.4 is 15.0 Å². The molecule has 19 heavy (non-hydrogen) atoms. The van der Waals surface area contributed by atoms with Gasteiger partial charge in [-0.3, -0.25) is 0 Å². The molecule has 1 rings (SSSR count). The Labute approximate surface area is 117 Å². The summed E-state index contributed by atoms with van der Waals surface area (Å²) < 4.78 is 5.50. The number of nitrogens with one attached hydrogen (secondary N) is 1. The summed E-state index contributed by atoms with van der Waals surface area (Å²) in [4.78, 5) is 2.25. The second-order valence-corrected chi connectivity index (χ2v) is 4.70. The maximum Gasteiger partial charge on any atom is 0.142 e. The third kappa shape index (κ3) is 4.95. The van der Waals surface area contributed by atoms with Crippen molar-refractivity contribution in [1.29, 1.82) is 0 Å². The van der Waals surface area contributed by atoms with Gasteiger partial charge in [0.05, 0.1) is 12.8 Å². The molecular formula is C16H26N2O. The Morgan fingerprint density at radius 2 is 2.21 bits per heavy atom. The minimum absolute atomic E-state index is 0.820. The van der Waals surface area contributed by atoms with Gasteiger partial charge in [-0.2, -0.15) is 0 Å². The number of benzene rings is 1. The number of methoxy groups -OCH3 is 1. The Bertz CT molecular complexity index is 390. The van der Waals surface area contributed by atoms with Gasteiger partial charge in [0.15, 0.2) is 0 Å². The molecule has 0 aromatic heterocycles. The van der Waals surface area contributed by atoms with Crippen LogP contribution in [0.15, 0.2) is 30.9 Å². The molecule has 0 spiro atoms. The molecule has 1 N–H and O–H groups in total. The van der Waals surface area contributed by atoms with Crippen LogP contribution >= 0.6 is 0 Å². The molecule has 0 saturated heterocycles. The molecule has 0 unspecified atom stereocenters. The first kappa shape index (κ1) is 15.6. The monoisotopic (exact) mass is 262 g/mol. The number of hydrogen-bond acceptors (Lipinski definition) is 3.